The van der Waals surface area contributed by atoms with Gasteiger partial charge in [0.05, 0.1) is 19.1 Å². The van der Waals surface area contributed by atoms with E-state index in [1.165, 1.54) is 17.0 Å². The minimum atomic E-state index is -0.165. The summed E-state index contributed by atoms with van der Waals surface area (Å²) in [5, 5.41) is 2.85. The van der Waals surface area contributed by atoms with Crippen LogP contribution >= 0.6 is 0 Å². The van der Waals surface area contributed by atoms with Gasteiger partial charge in [0.1, 0.15) is 5.75 Å². The number of amides is 1. The molecule has 1 aromatic heterocycles. The number of hydrogen-bond donors (Lipinski definition) is 1. The summed E-state index contributed by atoms with van der Waals surface area (Å²) in [6.07, 6.45) is 1.50. The summed E-state index contributed by atoms with van der Waals surface area (Å²) in [6.45, 7) is 4.61. The fourth-order valence-corrected chi connectivity index (χ4v) is 3.01. The molecule has 144 valence electrons. The Hall–Kier alpha value is -3.41. The van der Waals surface area contributed by atoms with Gasteiger partial charge in [-0.05, 0) is 50.2 Å². The van der Waals surface area contributed by atoms with Gasteiger partial charge in [0.15, 0.2) is 0 Å². The minimum absolute atomic E-state index is 0.150. The molecule has 0 saturated heterocycles. The maximum Gasteiger partial charge on any atom is 0.253 e. The Labute approximate surface area is 163 Å². The Kier molecular flexibility index (Phi) is 5.89. The van der Waals surface area contributed by atoms with E-state index in [9.17, 15) is 9.59 Å². The molecule has 3 rings (SSSR count). The zero-order chi connectivity index (χ0) is 20.1. The minimum Gasteiger partial charge on any atom is -0.497 e. The van der Waals surface area contributed by atoms with Gasteiger partial charge in [-0.1, -0.05) is 17.2 Å². The van der Waals surface area contributed by atoms with Crippen molar-refractivity contribution < 1.29 is 9.53 Å². The molecule has 3 aromatic rings. The van der Waals surface area contributed by atoms with Crippen LogP contribution < -0.4 is 15.6 Å². The second kappa shape index (κ2) is 8.52. The number of ether oxygens (including phenoxy) is 1. The second-order valence-electron chi connectivity index (χ2n) is 6.67. The van der Waals surface area contributed by atoms with Crippen molar-refractivity contribution in [2.45, 2.75) is 20.4 Å². The van der Waals surface area contributed by atoms with Crippen LogP contribution in [0.5, 0.6) is 5.75 Å². The van der Waals surface area contributed by atoms with Crippen LogP contribution in [0.15, 0.2) is 59.7 Å². The van der Waals surface area contributed by atoms with Crippen molar-refractivity contribution in [3.05, 3.63) is 81.9 Å². The lowest BCUT2D eigenvalue weighted by atomic mass is 10.1. The molecule has 0 radical (unpaired) electrons. The van der Waals surface area contributed by atoms with E-state index in [4.69, 9.17) is 4.74 Å². The van der Waals surface area contributed by atoms with Crippen LogP contribution in [0.1, 0.15) is 21.5 Å². The Balaban J connectivity index is 1.63. The highest BCUT2D eigenvalue weighted by Gasteiger charge is 2.07. The molecule has 0 saturated carbocycles. The topological polar surface area (TPSA) is 73.2 Å². The molecule has 0 aliphatic heterocycles. The third kappa shape index (κ3) is 4.65. The molecule has 28 heavy (non-hydrogen) atoms. The van der Waals surface area contributed by atoms with Crippen LogP contribution in [0, 0.1) is 13.8 Å². The first kappa shape index (κ1) is 19.4. The maximum absolute atomic E-state index is 12.4. The molecule has 0 aliphatic rings. The molecule has 1 heterocycles. The highest BCUT2D eigenvalue weighted by molar-refractivity contribution is 5.94. The molecule has 6 nitrogen and oxygen atoms in total. The Morgan fingerprint density at radius 3 is 2.36 bits per heavy atom. The van der Waals surface area contributed by atoms with Crippen molar-refractivity contribution in [1.82, 2.24) is 14.9 Å². The second-order valence-corrected chi connectivity index (χ2v) is 6.67. The molecule has 6 heteroatoms. The van der Waals surface area contributed by atoms with Crippen LogP contribution in [-0.4, -0.2) is 29.1 Å². The number of nitrogens with one attached hydrogen (secondary N) is 1. The Morgan fingerprint density at radius 2 is 1.75 bits per heavy atom. The summed E-state index contributed by atoms with van der Waals surface area (Å²) < 4.78 is 6.62. The Bertz CT molecular complexity index is 1020. The summed E-state index contributed by atoms with van der Waals surface area (Å²) in [4.78, 5) is 29.0. The van der Waals surface area contributed by atoms with E-state index in [0.29, 0.717) is 24.3 Å². The number of aryl methyl sites for hydroxylation is 2. The Morgan fingerprint density at radius 1 is 1.07 bits per heavy atom. The highest BCUT2D eigenvalue weighted by Crippen LogP contribution is 2.19. The molecule has 0 bridgehead atoms. The number of nitrogens with zero attached hydrogens (tertiary/aromatic N) is 2. The largest absolute Gasteiger partial charge is 0.497 e. The zero-order valence-corrected chi connectivity index (χ0v) is 16.2. The molecule has 1 amide bonds. The van der Waals surface area contributed by atoms with Crippen LogP contribution in [-0.2, 0) is 6.54 Å². The van der Waals surface area contributed by atoms with Gasteiger partial charge < -0.3 is 10.1 Å². The number of carbonyl (C=O) groups excluding carboxylic acids is 1. The monoisotopic (exact) mass is 377 g/mol. The van der Waals surface area contributed by atoms with Gasteiger partial charge in [-0.15, -0.1) is 0 Å². The van der Waals surface area contributed by atoms with E-state index in [1.54, 1.807) is 7.11 Å². The summed E-state index contributed by atoms with van der Waals surface area (Å²) in [7, 11) is 1.60. The molecule has 1 N–H and O–H groups in total. The van der Waals surface area contributed by atoms with Crippen molar-refractivity contribution >= 4 is 5.91 Å². The van der Waals surface area contributed by atoms with Crippen molar-refractivity contribution in [2.75, 3.05) is 13.7 Å². The number of rotatable bonds is 6. The molecule has 0 unspecified atom stereocenters. The molecule has 0 spiro atoms. The van der Waals surface area contributed by atoms with E-state index in [1.807, 2.05) is 56.3 Å². The lowest BCUT2D eigenvalue weighted by Crippen LogP contribution is -2.30. The van der Waals surface area contributed by atoms with Gasteiger partial charge >= 0.3 is 0 Å². The first-order valence-corrected chi connectivity index (χ1v) is 9.03. The van der Waals surface area contributed by atoms with E-state index in [0.717, 1.165) is 22.4 Å². The van der Waals surface area contributed by atoms with Gasteiger partial charge in [0.25, 0.3) is 11.5 Å². The third-order valence-corrected chi connectivity index (χ3v) is 4.39. The van der Waals surface area contributed by atoms with Crippen LogP contribution in [0.2, 0.25) is 0 Å². The first-order chi connectivity index (χ1) is 13.5. The molecule has 0 aliphatic carbocycles. The zero-order valence-electron chi connectivity index (χ0n) is 16.2. The van der Waals surface area contributed by atoms with E-state index < -0.39 is 0 Å². The normalized spacial score (nSPS) is 10.5. The molecular formula is C22H23N3O3. The predicted octanol–water partition coefficient (Wildman–Crippen LogP) is 2.97. The lowest BCUT2D eigenvalue weighted by molar-refractivity contribution is 0.0952. The number of benzene rings is 2. The van der Waals surface area contributed by atoms with E-state index in [2.05, 4.69) is 10.3 Å². The fourth-order valence-electron chi connectivity index (χ4n) is 3.01. The summed E-state index contributed by atoms with van der Waals surface area (Å²) in [5.74, 6) is 0.597. The summed E-state index contributed by atoms with van der Waals surface area (Å²) in [6, 6.07) is 14.6. The average Bonchev–Trinajstić information content (AvgIpc) is 2.68. The van der Waals surface area contributed by atoms with Crippen LogP contribution in [0.4, 0.5) is 0 Å². The maximum atomic E-state index is 12.4. The summed E-state index contributed by atoms with van der Waals surface area (Å²) >= 11 is 0. The van der Waals surface area contributed by atoms with Gasteiger partial charge in [0.2, 0.25) is 0 Å². The van der Waals surface area contributed by atoms with Crippen LogP contribution in [0.3, 0.4) is 0 Å². The van der Waals surface area contributed by atoms with Crippen molar-refractivity contribution in [1.29, 1.82) is 0 Å². The molecule has 0 fully saturated rings. The lowest BCUT2D eigenvalue weighted by Gasteiger charge is -2.09. The van der Waals surface area contributed by atoms with Crippen molar-refractivity contribution in [2.24, 2.45) is 0 Å². The fraction of sp³-hybridized carbons (Fsp3) is 0.227. The van der Waals surface area contributed by atoms with E-state index >= 15 is 0 Å². The average molecular weight is 377 g/mol. The number of hydrogen-bond acceptors (Lipinski definition) is 4. The van der Waals surface area contributed by atoms with Gasteiger partial charge in [-0.2, -0.15) is 0 Å². The number of carbonyl (C=O) groups is 1. The molecule has 0 atom stereocenters. The van der Waals surface area contributed by atoms with Gasteiger partial charge in [-0.25, -0.2) is 4.98 Å². The molecule has 2 aromatic carbocycles. The van der Waals surface area contributed by atoms with Crippen LogP contribution in [0.25, 0.3) is 11.3 Å². The SMILES string of the molecule is COc1ccc(-c2cc(=O)n(CCNC(=O)c3cc(C)cc(C)c3)cn2)cc1. The highest BCUT2D eigenvalue weighted by atomic mass is 16.5. The first-order valence-electron chi connectivity index (χ1n) is 9.03. The summed E-state index contributed by atoms with van der Waals surface area (Å²) in [5.41, 5.74) is 3.98. The van der Waals surface area contributed by atoms with Gasteiger partial charge in [0, 0.05) is 30.3 Å². The molecular weight excluding hydrogens is 354 g/mol. The van der Waals surface area contributed by atoms with Crippen molar-refractivity contribution in [3.8, 4) is 17.0 Å². The van der Waals surface area contributed by atoms with Crippen molar-refractivity contribution in [3.63, 3.8) is 0 Å². The van der Waals surface area contributed by atoms with E-state index in [-0.39, 0.29) is 11.5 Å². The quantitative estimate of drug-likeness (QED) is 0.717. The predicted molar refractivity (Wildman–Crippen MR) is 109 cm³/mol. The smallest absolute Gasteiger partial charge is 0.253 e. The van der Waals surface area contributed by atoms with Gasteiger partial charge in [-0.3, -0.25) is 14.2 Å². The standard InChI is InChI=1S/C22H23N3O3/c1-15-10-16(2)12-18(11-15)22(27)23-8-9-25-14-24-20(13-21(25)26)17-4-6-19(28-3)7-5-17/h4-7,10-14H,8-9H2,1-3H3,(H,23,27). The number of aromatic nitrogens is 2. The number of methoxy groups -OCH3 is 1. The third-order valence-electron chi connectivity index (χ3n) is 4.39.